The van der Waals surface area contributed by atoms with E-state index in [1.807, 2.05) is 12.1 Å². The largest absolute Gasteiger partial charge is 0.478 e. The van der Waals surface area contributed by atoms with Crippen LogP contribution in [0.25, 0.3) is 0 Å². The molecule has 96 valence electrons. The van der Waals surface area contributed by atoms with Gasteiger partial charge in [0.05, 0.1) is 11.3 Å². The molecule has 0 radical (unpaired) electrons. The average Bonchev–Trinajstić information content (AvgIpc) is 3.17. The fourth-order valence-corrected chi connectivity index (χ4v) is 2.90. The Kier molecular flexibility index (Phi) is 3.06. The number of carbonyl (C=O) groups is 1. The van der Waals surface area contributed by atoms with E-state index in [0.717, 1.165) is 18.2 Å². The van der Waals surface area contributed by atoms with Crippen LogP contribution < -0.4 is 4.90 Å². The summed E-state index contributed by atoms with van der Waals surface area (Å²) in [5, 5.41) is 9.39. The maximum absolute atomic E-state index is 11.4. The first-order valence-electron chi connectivity index (χ1n) is 6.45. The van der Waals surface area contributed by atoms with Crippen molar-refractivity contribution < 1.29 is 9.90 Å². The summed E-state index contributed by atoms with van der Waals surface area (Å²) in [6.07, 6.45) is 4.97. The lowest BCUT2D eigenvalue weighted by Gasteiger charge is -2.26. The molecule has 0 saturated heterocycles. The zero-order valence-electron chi connectivity index (χ0n) is 10.1. The molecule has 1 N–H and O–H groups in total. The Balaban J connectivity index is 1.96. The Hall–Kier alpha value is -1.03. The zero-order valence-corrected chi connectivity index (χ0v) is 11.7. The van der Waals surface area contributed by atoms with Crippen molar-refractivity contribution in [3.05, 3.63) is 28.2 Å². The fraction of sp³-hybridized carbons (Fsp3) is 0.500. The van der Waals surface area contributed by atoms with Crippen LogP contribution in [-0.2, 0) is 0 Å². The molecule has 0 unspecified atom stereocenters. The third-order valence-corrected chi connectivity index (χ3v) is 4.32. The van der Waals surface area contributed by atoms with E-state index in [0.29, 0.717) is 16.1 Å². The summed E-state index contributed by atoms with van der Waals surface area (Å²) in [6, 6.07) is 6.22. The van der Waals surface area contributed by atoms with Crippen molar-refractivity contribution in [1.29, 1.82) is 0 Å². The third-order valence-electron chi connectivity index (χ3n) is 3.65. The quantitative estimate of drug-likeness (QED) is 0.904. The van der Waals surface area contributed by atoms with Gasteiger partial charge in [-0.25, -0.2) is 4.79 Å². The fourth-order valence-electron chi connectivity index (χ4n) is 2.37. The predicted molar refractivity (Wildman–Crippen MR) is 74.2 cm³/mol. The molecule has 0 amide bonds. The molecule has 0 bridgehead atoms. The summed E-state index contributed by atoms with van der Waals surface area (Å²) in [5.74, 6) is -0.0786. The molecule has 2 aliphatic carbocycles. The Morgan fingerprint density at radius 2 is 2.06 bits per heavy atom. The van der Waals surface area contributed by atoms with Gasteiger partial charge in [-0.1, -0.05) is 6.07 Å². The molecule has 2 fully saturated rings. The van der Waals surface area contributed by atoms with E-state index >= 15 is 0 Å². The van der Waals surface area contributed by atoms with Gasteiger partial charge in [0, 0.05) is 17.1 Å². The highest BCUT2D eigenvalue weighted by Crippen LogP contribution is 2.40. The van der Waals surface area contributed by atoms with E-state index in [9.17, 15) is 9.90 Å². The first-order chi connectivity index (χ1) is 8.66. The summed E-state index contributed by atoms with van der Waals surface area (Å²) >= 11 is 3.36. The van der Waals surface area contributed by atoms with Gasteiger partial charge in [0.1, 0.15) is 0 Å². The second-order valence-corrected chi connectivity index (χ2v) is 6.12. The van der Waals surface area contributed by atoms with Gasteiger partial charge in [0.25, 0.3) is 0 Å². The van der Waals surface area contributed by atoms with Crippen LogP contribution in [0.2, 0.25) is 0 Å². The minimum absolute atomic E-state index is 0.407. The van der Waals surface area contributed by atoms with Crippen LogP contribution in [-0.4, -0.2) is 23.7 Å². The molecular weight excluding hydrogens is 294 g/mol. The molecule has 0 heterocycles. The molecule has 0 spiro atoms. The van der Waals surface area contributed by atoms with Crippen LogP contribution in [0.1, 0.15) is 36.0 Å². The van der Waals surface area contributed by atoms with Gasteiger partial charge in [-0.15, -0.1) is 0 Å². The standard InChI is InChI=1S/C14H16BrNO2/c15-11-2-1-3-12(13(11)14(17)18)16(10-6-7-10)8-9-4-5-9/h1-3,9-10H,4-8H2,(H,17,18). The second-order valence-electron chi connectivity index (χ2n) is 5.27. The molecule has 3 nitrogen and oxygen atoms in total. The van der Waals surface area contributed by atoms with E-state index in [-0.39, 0.29) is 0 Å². The third kappa shape index (κ3) is 2.39. The van der Waals surface area contributed by atoms with Gasteiger partial charge in [0.2, 0.25) is 0 Å². The van der Waals surface area contributed by atoms with Gasteiger partial charge >= 0.3 is 5.97 Å². The van der Waals surface area contributed by atoms with Gasteiger partial charge in [-0.3, -0.25) is 0 Å². The molecule has 0 aromatic heterocycles. The highest BCUT2D eigenvalue weighted by atomic mass is 79.9. The van der Waals surface area contributed by atoms with Crippen LogP contribution in [0.3, 0.4) is 0 Å². The minimum atomic E-state index is -0.848. The molecule has 0 atom stereocenters. The number of nitrogens with zero attached hydrogens (tertiary/aromatic N) is 1. The molecule has 18 heavy (non-hydrogen) atoms. The van der Waals surface area contributed by atoms with Crippen LogP contribution in [0.4, 0.5) is 5.69 Å². The maximum Gasteiger partial charge on any atom is 0.338 e. The van der Waals surface area contributed by atoms with E-state index in [1.54, 1.807) is 6.07 Å². The van der Waals surface area contributed by atoms with Gasteiger partial charge < -0.3 is 10.0 Å². The minimum Gasteiger partial charge on any atom is -0.478 e. The lowest BCUT2D eigenvalue weighted by atomic mass is 10.1. The van der Waals surface area contributed by atoms with E-state index in [4.69, 9.17) is 0 Å². The number of benzene rings is 1. The summed E-state index contributed by atoms with van der Waals surface area (Å²) in [6.45, 7) is 1.02. The highest BCUT2D eigenvalue weighted by molar-refractivity contribution is 9.10. The Labute approximate surface area is 115 Å². The Bertz CT molecular complexity index is 481. The van der Waals surface area contributed by atoms with E-state index in [1.165, 1.54) is 25.7 Å². The Morgan fingerprint density at radius 3 is 2.61 bits per heavy atom. The number of hydrogen-bond donors (Lipinski definition) is 1. The number of aromatic carboxylic acids is 1. The zero-order chi connectivity index (χ0) is 12.7. The molecular formula is C14H16BrNO2. The van der Waals surface area contributed by atoms with Crippen molar-refractivity contribution in [3.8, 4) is 0 Å². The molecule has 1 aromatic rings. The van der Waals surface area contributed by atoms with Crippen molar-refractivity contribution in [2.24, 2.45) is 5.92 Å². The molecule has 2 saturated carbocycles. The monoisotopic (exact) mass is 309 g/mol. The smallest absolute Gasteiger partial charge is 0.338 e. The highest BCUT2D eigenvalue weighted by Gasteiger charge is 2.35. The number of carboxylic acid groups (broad SMARTS) is 1. The number of anilines is 1. The maximum atomic E-state index is 11.4. The number of hydrogen-bond acceptors (Lipinski definition) is 2. The number of carboxylic acids is 1. The molecule has 2 aliphatic rings. The first kappa shape index (κ1) is 12.0. The average molecular weight is 310 g/mol. The van der Waals surface area contributed by atoms with Crippen LogP contribution in [0.5, 0.6) is 0 Å². The predicted octanol–water partition coefficient (Wildman–Crippen LogP) is 3.53. The molecule has 1 aromatic carbocycles. The normalized spacial score (nSPS) is 18.7. The van der Waals surface area contributed by atoms with Crippen molar-refractivity contribution >= 4 is 27.6 Å². The second kappa shape index (κ2) is 4.57. The lowest BCUT2D eigenvalue weighted by Crippen LogP contribution is -2.29. The van der Waals surface area contributed by atoms with Crippen molar-refractivity contribution in [2.45, 2.75) is 31.7 Å². The molecule has 0 aliphatic heterocycles. The summed E-state index contributed by atoms with van der Waals surface area (Å²) in [4.78, 5) is 13.7. The van der Waals surface area contributed by atoms with Crippen molar-refractivity contribution in [1.82, 2.24) is 0 Å². The van der Waals surface area contributed by atoms with Crippen molar-refractivity contribution in [2.75, 3.05) is 11.4 Å². The van der Waals surface area contributed by atoms with Crippen molar-refractivity contribution in [3.63, 3.8) is 0 Å². The SMILES string of the molecule is O=C(O)c1c(Br)cccc1N(CC1CC1)C1CC1. The summed E-state index contributed by atoms with van der Waals surface area (Å²) in [7, 11) is 0. The summed E-state index contributed by atoms with van der Waals surface area (Å²) < 4.78 is 0.675. The van der Waals surface area contributed by atoms with Gasteiger partial charge in [-0.2, -0.15) is 0 Å². The van der Waals surface area contributed by atoms with Gasteiger partial charge in [0.15, 0.2) is 0 Å². The Morgan fingerprint density at radius 1 is 1.33 bits per heavy atom. The summed E-state index contributed by atoms with van der Waals surface area (Å²) in [5.41, 5.74) is 1.29. The van der Waals surface area contributed by atoms with Crippen LogP contribution >= 0.6 is 15.9 Å². The van der Waals surface area contributed by atoms with Crippen LogP contribution in [0.15, 0.2) is 22.7 Å². The number of halogens is 1. The number of rotatable bonds is 5. The first-order valence-corrected chi connectivity index (χ1v) is 7.24. The van der Waals surface area contributed by atoms with E-state index < -0.39 is 5.97 Å². The van der Waals surface area contributed by atoms with Gasteiger partial charge in [-0.05, 0) is 59.7 Å². The van der Waals surface area contributed by atoms with Crippen LogP contribution in [0, 0.1) is 5.92 Å². The lowest BCUT2D eigenvalue weighted by molar-refractivity contribution is 0.0696. The molecule has 4 heteroatoms. The van der Waals surface area contributed by atoms with E-state index in [2.05, 4.69) is 20.8 Å². The molecule has 3 rings (SSSR count). The topological polar surface area (TPSA) is 40.5 Å².